The maximum atomic E-state index is 11.5. The van der Waals surface area contributed by atoms with E-state index in [9.17, 15) is 8.42 Å². The molecule has 0 aromatic heterocycles. The highest BCUT2D eigenvalue weighted by molar-refractivity contribution is 14.0. The van der Waals surface area contributed by atoms with Crippen molar-refractivity contribution in [2.45, 2.75) is 24.8 Å². The minimum Gasteiger partial charge on any atom is -0.356 e. The van der Waals surface area contributed by atoms with E-state index in [1.54, 1.807) is 18.8 Å². The third-order valence-electron chi connectivity index (χ3n) is 4.00. The van der Waals surface area contributed by atoms with Crippen molar-refractivity contribution in [3.8, 4) is 0 Å². The molecule has 2 rings (SSSR count). The molecule has 1 atom stereocenters. The molecule has 0 radical (unpaired) electrons. The third-order valence-corrected chi connectivity index (χ3v) is 6.65. The summed E-state index contributed by atoms with van der Waals surface area (Å²) in [6.07, 6.45) is 2.81. The molecule has 0 saturated carbocycles. The molecule has 0 aliphatic carbocycles. The van der Waals surface area contributed by atoms with Crippen molar-refractivity contribution in [2.75, 3.05) is 31.4 Å². The van der Waals surface area contributed by atoms with Gasteiger partial charge in [0.05, 0.1) is 11.5 Å². The van der Waals surface area contributed by atoms with E-state index in [4.69, 9.17) is 0 Å². The largest absolute Gasteiger partial charge is 0.356 e. The van der Waals surface area contributed by atoms with Crippen LogP contribution in [-0.2, 0) is 16.4 Å². The van der Waals surface area contributed by atoms with Crippen LogP contribution in [0, 0.1) is 12.8 Å². The van der Waals surface area contributed by atoms with Gasteiger partial charge in [-0.1, -0.05) is 12.1 Å². The predicted molar refractivity (Wildman–Crippen MR) is 113 cm³/mol. The summed E-state index contributed by atoms with van der Waals surface area (Å²) in [5, 5.41) is 6.54. The molecule has 1 aromatic carbocycles. The van der Waals surface area contributed by atoms with E-state index in [0.717, 1.165) is 6.42 Å². The molecule has 1 aliphatic heterocycles. The molecule has 2 N–H and O–H groups in total. The number of rotatable bonds is 5. The van der Waals surface area contributed by atoms with Crippen LogP contribution >= 0.6 is 35.7 Å². The summed E-state index contributed by atoms with van der Waals surface area (Å²) in [6, 6.07) is 6.42. The SMILES string of the molecule is CN=C(NCc1ccc(C)cc1SC)NCC1CCS(=O)(=O)C1.I. The average molecular weight is 483 g/mol. The molecule has 0 spiro atoms. The zero-order valence-electron chi connectivity index (χ0n) is 14.3. The Kier molecular flexibility index (Phi) is 8.86. The second kappa shape index (κ2) is 9.86. The van der Waals surface area contributed by atoms with E-state index < -0.39 is 9.84 Å². The van der Waals surface area contributed by atoms with Crippen LogP contribution in [-0.4, -0.2) is 45.7 Å². The summed E-state index contributed by atoms with van der Waals surface area (Å²) in [4.78, 5) is 5.47. The van der Waals surface area contributed by atoms with E-state index in [-0.39, 0.29) is 35.6 Å². The standard InChI is InChI=1S/C16H25N3O2S2.HI/c1-12-4-5-14(15(8-12)22-3)10-19-16(17-2)18-9-13-6-7-23(20,21)11-13;/h4-5,8,13H,6-7,9-11H2,1-3H3,(H2,17,18,19);1H. The maximum Gasteiger partial charge on any atom is 0.191 e. The topological polar surface area (TPSA) is 70.6 Å². The van der Waals surface area contributed by atoms with Gasteiger partial charge in [-0.15, -0.1) is 35.7 Å². The van der Waals surface area contributed by atoms with Crippen molar-refractivity contribution in [2.24, 2.45) is 10.9 Å². The number of nitrogens with zero attached hydrogens (tertiary/aromatic N) is 1. The number of halogens is 1. The fourth-order valence-electron chi connectivity index (χ4n) is 2.67. The van der Waals surface area contributed by atoms with Gasteiger partial charge in [-0.05, 0) is 42.7 Å². The number of guanidine groups is 1. The maximum absolute atomic E-state index is 11.5. The molecule has 24 heavy (non-hydrogen) atoms. The smallest absolute Gasteiger partial charge is 0.191 e. The Morgan fingerprint density at radius 1 is 1.38 bits per heavy atom. The molecule has 1 unspecified atom stereocenters. The Balaban J connectivity index is 0.00000288. The van der Waals surface area contributed by atoms with Crippen LogP contribution in [0.3, 0.4) is 0 Å². The Morgan fingerprint density at radius 2 is 2.12 bits per heavy atom. The van der Waals surface area contributed by atoms with Crippen LogP contribution in [0.15, 0.2) is 28.1 Å². The number of sulfone groups is 1. The monoisotopic (exact) mass is 483 g/mol. The van der Waals surface area contributed by atoms with Gasteiger partial charge in [0.2, 0.25) is 0 Å². The molecule has 1 heterocycles. The Labute approximate surface area is 166 Å². The fraction of sp³-hybridized carbons (Fsp3) is 0.562. The quantitative estimate of drug-likeness (QED) is 0.292. The van der Waals surface area contributed by atoms with Crippen LogP contribution in [0.1, 0.15) is 17.5 Å². The fourth-order valence-corrected chi connectivity index (χ4v) is 5.24. The van der Waals surface area contributed by atoms with Crippen molar-refractivity contribution in [1.82, 2.24) is 10.6 Å². The van der Waals surface area contributed by atoms with Crippen LogP contribution < -0.4 is 10.6 Å². The number of hydrogen-bond acceptors (Lipinski definition) is 4. The number of nitrogens with one attached hydrogen (secondary N) is 2. The van der Waals surface area contributed by atoms with Crippen molar-refractivity contribution >= 4 is 51.5 Å². The molecular formula is C16H26IN3O2S2. The van der Waals surface area contributed by atoms with E-state index in [1.807, 2.05) is 0 Å². The predicted octanol–water partition coefficient (Wildman–Crippen LogP) is 2.43. The first-order valence-corrected chi connectivity index (χ1v) is 10.8. The first-order valence-electron chi connectivity index (χ1n) is 7.72. The number of benzene rings is 1. The Bertz CT molecular complexity index is 678. The molecule has 8 heteroatoms. The first-order chi connectivity index (χ1) is 10.9. The lowest BCUT2D eigenvalue weighted by Crippen LogP contribution is -2.39. The highest BCUT2D eigenvalue weighted by Gasteiger charge is 2.27. The van der Waals surface area contributed by atoms with E-state index in [2.05, 4.69) is 47.0 Å². The van der Waals surface area contributed by atoms with Crippen LogP contribution in [0.25, 0.3) is 0 Å². The zero-order chi connectivity index (χ0) is 16.9. The number of thioether (sulfide) groups is 1. The minimum absolute atomic E-state index is 0. The van der Waals surface area contributed by atoms with Gasteiger partial charge >= 0.3 is 0 Å². The second-order valence-corrected chi connectivity index (χ2v) is 8.97. The number of aliphatic imine (C=N–C) groups is 1. The van der Waals surface area contributed by atoms with Crippen LogP contribution in [0.4, 0.5) is 0 Å². The molecule has 0 bridgehead atoms. The molecule has 136 valence electrons. The minimum atomic E-state index is -2.82. The summed E-state index contributed by atoms with van der Waals surface area (Å²) in [7, 11) is -1.09. The highest BCUT2D eigenvalue weighted by atomic mass is 127. The summed E-state index contributed by atoms with van der Waals surface area (Å²) in [5.41, 5.74) is 2.48. The zero-order valence-corrected chi connectivity index (χ0v) is 18.3. The highest BCUT2D eigenvalue weighted by Crippen LogP contribution is 2.21. The van der Waals surface area contributed by atoms with Gasteiger partial charge in [0.25, 0.3) is 0 Å². The van der Waals surface area contributed by atoms with Crippen molar-refractivity contribution < 1.29 is 8.42 Å². The van der Waals surface area contributed by atoms with Gasteiger partial charge in [0.1, 0.15) is 0 Å². The Hall–Kier alpha value is -0.480. The van der Waals surface area contributed by atoms with Crippen molar-refractivity contribution in [3.63, 3.8) is 0 Å². The Morgan fingerprint density at radius 3 is 2.71 bits per heavy atom. The van der Waals surface area contributed by atoms with Crippen LogP contribution in [0.5, 0.6) is 0 Å². The van der Waals surface area contributed by atoms with E-state index in [1.165, 1.54) is 16.0 Å². The van der Waals surface area contributed by atoms with Crippen molar-refractivity contribution in [3.05, 3.63) is 29.3 Å². The molecule has 5 nitrogen and oxygen atoms in total. The summed E-state index contributed by atoms with van der Waals surface area (Å²) in [5.74, 6) is 1.49. The average Bonchev–Trinajstić information content (AvgIpc) is 2.87. The second-order valence-electron chi connectivity index (χ2n) is 5.89. The van der Waals surface area contributed by atoms with Gasteiger partial charge in [0.15, 0.2) is 15.8 Å². The number of hydrogen-bond donors (Lipinski definition) is 2. The lowest BCUT2D eigenvalue weighted by atomic mass is 10.1. The lowest BCUT2D eigenvalue weighted by molar-refractivity contribution is 0.567. The van der Waals surface area contributed by atoms with Gasteiger partial charge < -0.3 is 10.6 Å². The summed E-state index contributed by atoms with van der Waals surface area (Å²) < 4.78 is 23.0. The van der Waals surface area contributed by atoms with Gasteiger partial charge in [-0.25, -0.2) is 8.42 Å². The lowest BCUT2D eigenvalue weighted by Gasteiger charge is -2.16. The molecular weight excluding hydrogens is 457 g/mol. The van der Waals surface area contributed by atoms with Gasteiger partial charge in [0, 0.05) is 25.0 Å². The summed E-state index contributed by atoms with van der Waals surface area (Å²) in [6.45, 7) is 3.42. The molecule has 0 amide bonds. The third kappa shape index (κ3) is 6.44. The summed E-state index contributed by atoms with van der Waals surface area (Å²) >= 11 is 1.74. The van der Waals surface area contributed by atoms with Crippen molar-refractivity contribution in [1.29, 1.82) is 0 Å². The van der Waals surface area contributed by atoms with Gasteiger partial charge in [-0.3, -0.25) is 4.99 Å². The number of aryl methyl sites for hydroxylation is 1. The van der Waals surface area contributed by atoms with Gasteiger partial charge in [-0.2, -0.15) is 0 Å². The van der Waals surface area contributed by atoms with Crippen LogP contribution in [0.2, 0.25) is 0 Å². The van der Waals surface area contributed by atoms with E-state index in [0.29, 0.717) is 24.8 Å². The van der Waals surface area contributed by atoms with E-state index >= 15 is 0 Å². The molecule has 1 aliphatic rings. The molecule has 1 aromatic rings. The molecule has 1 saturated heterocycles. The molecule has 1 fully saturated rings. The normalized spacial score (nSPS) is 19.6. The first kappa shape index (κ1) is 21.6.